The summed E-state index contributed by atoms with van der Waals surface area (Å²) in [6.07, 6.45) is 0.308. The van der Waals surface area contributed by atoms with E-state index < -0.39 is 0 Å². The van der Waals surface area contributed by atoms with Crippen LogP contribution in [0.25, 0.3) is 11.4 Å². The summed E-state index contributed by atoms with van der Waals surface area (Å²) in [7, 11) is 0. The van der Waals surface area contributed by atoms with Gasteiger partial charge in [-0.05, 0) is 31.2 Å². The maximum atomic E-state index is 11.7. The lowest BCUT2D eigenvalue weighted by Gasteiger charge is -2.07. The van der Waals surface area contributed by atoms with Crippen LogP contribution in [0.4, 0.5) is 0 Å². The minimum absolute atomic E-state index is 0.121. The number of thioether (sulfide) groups is 1. The summed E-state index contributed by atoms with van der Waals surface area (Å²) in [5, 5.41) is 20.9. The number of aromatic nitrogens is 3. The molecule has 1 N–H and O–H groups in total. The number of amides is 1. The molecule has 0 spiro atoms. The van der Waals surface area contributed by atoms with Gasteiger partial charge in [0.15, 0.2) is 11.0 Å². The molecule has 0 saturated heterocycles. The molecular weight excluding hydrogens is 334 g/mol. The Morgan fingerprint density at radius 2 is 2.13 bits per heavy atom. The first-order chi connectivity index (χ1) is 11.2. The molecule has 1 aromatic heterocycles. The number of carbonyl (C=O) groups is 1. The Morgan fingerprint density at radius 3 is 2.78 bits per heavy atom. The second kappa shape index (κ2) is 8.56. The van der Waals surface area contributed by atoms with Crippen molar-refractivity contribution >= 4 is 29.3 Å². The van der Waals surface area contributed by atoms with Gasteiger partial charge >= 0.3 is 0 Å². The zero-order valence-electron chi connectivity index (χ0n) is 12.6. The topological polar surface area (TPSA) is 83.6 Å². The Balaban J connectivity index is 2.05. The first-order valence-electron chi connectivity index (χ1n) is 7.11. The second-order valence-corrected chi connectivity index (χ2v) is 5.98. The van der Waals surface area contributed by atoms with Gasteiger partial charge in [0.1, 0.15) is 0 Å². The van der Waals surface area contributed by atoms with Gasteiger partial charge in [0.05, 0.1) is 18.2 Å². The third-order valence-electron chi connectivity index (χ3n) is 3.03. The van der Waals surface area contributed by atoms with Gasteiger partial charge in [0, 0.05) is 23.7 Å². The summed E-state index contributed by atoms with van der Waals surface area (Å²) in [4.78, 5) is 11.7. The molecule has 23 heavy (non-hydrogen) atoms. The third kappa shape index (κ3) is 4.71. The first kappa shape index (κ1) is 17.3. The van der Waals surface area contributed by atoms with Crippen LogP contribution >= 0.6 is 23.4 Å². The average molecular weight is 350 g/mol. The molecule has 0 aliphatic heterocycles. The fraction of sp³-hybridized carbons (Fsp3) is 0.333. The van der Waals surface area contributed by atoms with Gasteiger partial charge in [-0.1, -0.05) is 23.4 Å². The molecule has 6 nitrogen and oxygen atoms in total. The molecule has 1 heterocycles. The molecule has 1 amide bonds. The van der Waals surface area contributed by atoms with Gasteiger partial charge in [-0.3, -0.25) is 4.79 Å². The maximum Gasteiger partial charge on any atom is 0.230 e. The van der Waals surface area contributed by atoms with Gasteiger partial charge in [-0.15, -0.1) is 10.2 Å². The van der Waals surface area contributed by atoms with Crippen LogP contribution in [0.2, 0.25) is 5.02 Å². The standard InChI is InChI=1S/C15H16ClN5OS/c1-2-21-14(11-4-6-12(16)7-5-11)19-20-15(21)23-10-13(22)18-9-3-8-17/h4-7H,2-3,9-10H2,1H3,(H,18,22). The lowest BCUT2D eigenvalue weighted by Crippen LogP contribution is -2.26. The molecular formula is C15H16ClN5OS. The van der Waals surface area contributed by atoms with Crippen LogP contribution in [-0.4, -0.2) is 33.0 Å². The Kier molecular flexibility index (Phi) is 6.44. The molecule has 120 valence electrons. The molecule has 0 radical (unpaired) electrons. The number of nitrogens with one attached hydrogen (secondary N) is 1. The Labute approximate surface area is 143 Å². The Bertz CT molecular complexity index is 708. The second-order valence-electron chi connectivity index (χ2n) is 4.60. The molecule has 2 rings (SSSR count). The van der Waals surface area contributed by atoms with Crippen molar-refractivity contribution in [3.63, 3.8) is 0 Å². The molecule has 0 aliphatic carbocycles. The number of nitriles is 1. The van der Waals surface area contributed by atoms with Crippen LogP contribution in [0.15, 0.2) is 29.4 Å². The van der Waals surface area contributed by atoms with E-state index in [4.69, 9.17) is 16.9 Å². The number of hydrogen-bond donors (Lipinski definition) is 1. The van der Waals surface area contributed by atoms with Gasteiger partial charge in [-0.25, -0.2) is 0 Å². The predicted molar refractivity (Wildman–Crippen MR) is 90.1 cm³/mol. The van der Waals surface area contributed by atoms with Crippen molar-refractivity contribution in [1.82, 2.24) is 20.1 Å². The number of halogens is 1. The summed E-state index contributed by atoms with van der Waals surface area (Å²) < 4.78 is 1.95. The molecule has 1 aromatic carbocycles. The highest BCUT2D eigenvalue weighted by Gasteiger charge is 2.14. The smallest absolute Gasteiger partial charge is 0.230 e. The van der Waals surface area contributed by atoms with Gasteiger partial charge in [-0.2, -0.15) is 5.26 Å². The summed E-state index contributed by atoms with van der Waals surface area (Å²) in [6, 6.07) is 9.38. The average Bonchev–Trinajstić information content (AvgIpc) is 2.97. The summed E-state index contributed by atoms with van der Waals surface area (Å²) in [5.74, 6) is 0.866. The van der Waals surface area contributed by atoms with Crippen LogP contribution in [-0.2, 0) is 11.3 Å². The predicted octanol–water partition coefficient (Wildman–Crippen LogP) is 2.74. The van der Waals surface area contributed by atoms with Crippen molar-refractivity contribution in [2.75, 3.05) is 12.3 Å². The van der Waals surface area contributed by atoms with Gasteiger partial charge < -0.3 is 9.88 Å². The number of carbonyl (C=O) groups excluding carboxylic acids is 1. The largest absolute Gasteiger partial charge is 0.354 e. The van der Waals surface area contributed by atoms with Crippen molar-refractivity contribution in [3.8, 4) is 17.5 Å². The van der Waals surface area contributed by atoms with Crippen molar-refractivity contribution < 1.29 is 4.79 Å². The molecule has 0 aliphatic rings. The Hall–Kier alpha value is -2.04. The Morgan fingerprint density at radius 1 is 1.39 bits per heavy atom. The first-order valence-corrected chi connectivity index (χ1v) is 8.47. The fourth-order valence-electron chi connectivity index (χ4n) is 1.93. The van der Waals surface area contributed by atoms with E-state index in [2.05, 4.69) is 15.5 Å². The normalized spacial score (nSPS) is 10.3. The lowest BCUT2D eigenvalue weighted by molar-refractivity contribution is -0.118. The van der Waals surface area contributed by atoms with E-state index in [9.17, 15) is 4.79 Å². The van der Waals surface area contributed by atoms with Crippen molar-refractivity contribution in [1.29, 1.82) is 5.26 Å². The third-order valence-corrected chi connectivity index (χ3v) is 4.25. The highest BCUT2D eigenvalue weighted by atomic mass is 35.5. The van der Waals surface area contributed by atoms with Crippen molar-refractivity contribution in [3.05, 3.63) is 29.3 Å². The van der Waals surface area contributed by atoms with E-state index in [1.165, 1.54) is 11.8 Å². The quantitative estimate of drug-likeness (QED) is 0.613. The number of benzene rings is 1. The zero-order chi connectivity index (χ0) is 16.7. The minimum atomic E-state index is -0.121. The van der Waals surface area contributed by atoms with E-state index in [0.717, 1.165) is 11.4 Å². The number of hydrogen-bond acceptors (Lipinski definition) is 5. The van der Waals surface area contributed by atoms with E-state index in [-0.39, 0.29) is 11.7 Å². The molecule has 8 heteroatoms. The van der Waals surface area contributed by atoms with Crippen LogP contribution in [0.5, 0.6) is 0 Å². The molecule has 0 atom stereocenters. The van der Waals surface area contributed by atoms with Crippen LogP contribution < -0.4 is 5.32 Å². The van der Waals surface area contributed by atoms with Crippen LogP contribution in [0.1, 0.15) is 13.3 Å². The van der Waals surface area contributed by atoms with Crippen molar-refractivity contribution in [2.24, 2.45) is 0 Å². The van der Waals surface area contributed by atoms with E-state index >= 15 is 0 Å². The van der Waals surface area contributed by atoms with Gasteiger partial charge in [0.2, 0.25) is 5.91 Å². The van der Waals surface area contributed by atoms with Gasteiger partial charge in [0.25, 0.3) is 0 Å². The van der Waals surface area contributed by atoms with E-state index in [1.54, 1.807) is 12.1 Å². The monoisotopic (exact) mass is 349 g/mol. The highest BCUT2D eigenvalue weighted by Crippen LogP contribution is 2.24. The number of nitrogens with zero attached hydrogens (tertiary/aromatic N) is 4. The fourth-order valence-corrected chi connectivity index (χ4v) is 2.89. The van der Waals surface area contributed by atoms with Crippen molar-refractivity contribution in [2.45, 2.75) is 25.0 Å². The summed E-state index contributed by atoms with van der Waals surface area (Å²) >= 11 is 7.23. The molecule has 0 saturated carbocycles. The molecule has 2 aromatic rings. The van der Waals surface area contributed by atoms with Crippen LogP contribution in [0, 0.1) is 11.3 Å². The zero-order valence-corrected chi connectivity index (χ0v) is 14.2. The lowest BCUT2D eigenvalue weighted by atomic mass is 10.2. The SMILES string of the molecule is CCn1c(SCC(=O)NCCC#N)nnc1-c1ccc(Cl)cc1. The number of rotatable bonds is 7. The molecule has 0 bridgehead atoms. The summed E-state index contributed by atoms with van der Waals surface area (Å²) in [6.45, 7) is 3.07. The van der Waals surface area contributed by atoms with E-state index in [1.807, 2.05) is 29.7 Å². The minimum Gasteiger partial charge on any atom is -0.354 e. The summed E-state index contributed by atoms with van der Waals surface area (Å²) in [5.41, 5.74) is 0.925. The van der Waals surface area contributed by atoms with E-state index in [0.29, 0.717) is 29.7 Å². The maximum absolute atomic E-state index is 11.7. The molecule has 0 unspecified atom stereocenters. The molecule has 0 fully saturated rings. The highest BCUT2D eigenvalue weighted by molar-refractivity contribution is 7.99. The van der Waals surface area contributed by atoms with Crippen LogP contribution in [0.3, 0.4) is 0 Å².